The predicted molar refractivity (Wildman–Crippen MR) is 119 cm³/mol. The molecule has 0 saturated heterocycles. The van der Waals surface area contributed by atoms with Crippen molar-refractivity contribution in [2.45, 2.75) is 33.1 Å². The zero-order chi connectivity index (χ0) is 21.4. The van der Waals surface area contributed by atoms with Gasteiger partial charge in [-0.3, -0.25) is 14.6 Å². The van der Waals surface area contributed by atoms with Gasteiger partial charge in [0, 0.05) is 10.7 Å². The monoisotopic (exact) mass is 425 g/mol. The minimum absolute atomic E-state index is 0.0681. The number of carbonyl (C=O) groups is 2. The van der Waals surface area contributed by atoms with Crippen LogP contribution in [-0.2, 0) is 9.59 Å². The van der Waals surface area contributed by atoms with Crippen LogP contribution in [0.2, 0.25) is 5.02 Å². The minimum Gasteiger partial charge on any atom is -0.495 e. The van der Waals surface area contributed by atoms with Crippen LogP contribution in [0.5, 0.6) is 5.75 Å². The van der Waals surface area contributed by atoms with Gasteiger partial charge < -0.3 is 15.0 Å². The number of benzene rings is 2. The number of aryl methyl sites for hydroxylation is 2. The molecule has 2 aromatic rings. The minimum atomic E-state index is -0.324. The van der Waals surface area contributed by atoms with Gasteiger partial charge in [-0.15, -0.1) is 0 Å². The van der Waals surface area contributed by atoms with E-state index in [1.165, 1.54) is 7.11 Å². The zero-order valence-corrected chi connectivity index (χ0v) is 18.0. The van der Waals surface area contributed by atoms with E-state index < -0.39 is 0 Å². The fourth-order valence-corrected chi connectivity index (χ4v) is 4.23. The van der Waals surface area contributed by atoms with Crippen LogP contribution in [0.15, 0.2) is 35.3 Å². The van der Waals surface area contributed by atoms with Crippen molar-refractivity contribution in [2.75, 3.05) is 23.9 Å². The van der Waals surface area contributed by atoms with Crippen LogP contribution >= 0.6 is 11.6 Å². The quantitative estimate of drug-likeness (QED) is 0.763. The molecular weight excluding hydrogens is 402 g/mol. The predicted octanol–water partition coefficient (Wildman–Crippen LogP) is 4.82. The summed E-state index contributed by atoms with van der Waals surface area (Å²) in [6.07, 6.45) is 2.53. The van der Waals surface area contributed by atoms with Crippen LogP contribution in [0.3, 0.4) is 0 Å². The average molecular weight is 426 g/mol. The summed E-state index contributed by atoms with van der Waals surface area (Å²) in [6.45, 7) is 3.91. The molecule has 7 heteroatoms. The van der Waals surface area contributed by atoms with E-state index in [2.05, 4.69) is 5.32 Å². The van der Waals surface area contributed by atoms with Gasteiger partial charge in [-0.05, 0) is 74.6 Å². The normalized spacial score (nSPS) is 17.7. The lowest BCUT2D eigenvalue weighted by molar-refractivity contribution is -0.123. The molecule has 0 unspecified atom stereocenters. The number of fused-ring (bicyclic) bond motifs is 2. The summed E-state index contributed by atoms with van der Waals surface area (Å²) in [5.74, 6) is -0.147. The Morgan fingerprint density at radius 3 is 2.80 bits per heavy atom. The number of carbonyl (C=O) groups excluding carboxylic acids is 2. The number of nitrogens with zero attached hydrogens (tertiary/aromatic N) is 2. The molecule has 2 aromatic carbocycles. The highest BCUT2D eigenvalue weighted by Gasteiger charge is 2.37. The van der Waals surface area contributed by atoms with Crippen molar-refractivity contribution in [1.82, 2.24) is 0 Å². The van der Waals surface area contributed by atoms with Crippen LogP contribution in [0.1, 0.15) is 30.4 Å². The van der Waals surface area contributed by atoms with E-state index in [1.807, 2.05) is 26.0 Å². The third-order valence-corrected chi connectivity index (χ3v) is 6.01. The van der Waals surface area contributed by atoms with Gasteiger partial charge in [0.1, 0.15) is 12.3 Å². The van der Waals surface area contributed by atoms with Crippen molar-refractivity contribution in [1.29, 1.82) is 0 Å². The number of hydrogen-bond acceptors (Lipinski definition) is 4. The van der Waals surface area contributed by atoms with Gasteiger partial charge in [0.2, 0.25) is 11.8 Å². The number of methoxy groups -OCH3 is 1. The first kappa shape index (κ1) is 20.4. The second kappa shape index (κ2) is 8.11. The third-order valence-electron chi connectivity index (χ3n) is 5.78. The zero-order valence-electron chi connectivity index (χ0n) is 17.3. The molecule has 2 amide bonds. The molecule has 2 aliphatic rings. The highest BCUT2D eigenvalue weighted by atomic mass is 35.5. The molecule has 1 saturated carbocycles. The average Bonchev–Trinajstić information content (AvgIpc) is 3.13. The van der Waals surface area contributed by atoms with Crippen molar-refractivity contribution < 1.29 is 14.3 Å². The molecule has 1 N–H and O–H groups in total. The highest BCUT2D eigenvalue weighted by Crippen LogP contribution is 2.39. The Bertz CT molecular complexity index is 1060. The molecule has 4 rings (SSSR count). The smallest absolute Gasteiger partial charge is 0.244 e. The Balaban J connectivity index is 1.67. The number of halogens is 1. The van der Waals surface area contributed by atoms with Crippen molar-refractivity contribution in [3.8, 4) is 5.75 Å². The van der Waals surface area contributed by atoms with Crippen LogP contribution in [-0.4, -0.2) is 31.2 Å². The Labute approximate surface area is 180 Å². The molecule has 156 valence electrons. The van der Waals surface area contributed by atoms with E-state index in [9.17, 15) is 9.59 Å². The summed E-state index contributed by atoms with van der Waals surface area (Å²) in [5.41, 5.74) is 4.97. The molecule has 1 heterocycles. The number of anilines is 2. The SMILES string of the molecule is COc1ccc(Cl)cc1NC(=O)CN1C(=O)[C@@H]2CCCC2=Nc2cc(C)c(C)cc21. The molecule has 1 fully saturated rings. The van der Waals surface area contributed by atoms with Crippen LogP contribution in [0.4, 0.5) is 17.1 Å². The summed E-state index contributed by atoms with van der Waals surface area (Å²) in [7, 11) is 1.53. The molecule has 0 bridgehead atoms. The maximum Gasteiger partial charge on any atom is 0.244 e. The van der Waals surface area contributed by atoms with Crippen LogP contribution in [0, 0.1) is 19.8 Å². The number of hydrogen-bond donors (Lipinski definition) is 1. The molecule has 1 aliphatic carbocycles. The van der Waals surface area contributed by atoms with Crippen molar-refractivity contribution in [3.05, 3.63) is 46.5 Å². The Morgan fingerprint density at radius 1 is 1.27 bits per heavy atom. The maximum atomic E-state index is 13.4. The lowest BCUT2D eigenvalue weighted by Crippen LogP contribution is -2.42. The standard InChI is InChI=1S/C23H24ClN3O3/c1-13-9-18-20(10-14(13)2)27(23(29)16-5-4-6-17(16)25-18)12-22(28)26-19-11-15(24)7-8-21(19)30-3/h7-11,16H,4-6,12H2,1-3H3,(H,26,28)/t16-/m1/s1. The largest absolute Gasteiger partial charge is 0.495 e. The highest BCUT2D eigenvalue weighted by molar-refractivity contribution is 6.31. The van der Waals surface area contributed by atoms with Crippen LogP contribution < -0.4 is 15.0 Å². The van der Waals surface area contributed by atoms with Gasteiger partial charge in [0.25, 0.3) is 0 Å². The van der Waals surface area contributed by atoms with Gasteiger partial charge in [-0.2, -0.15) is 0 Å². The van der Waals surface area contributed by atoms with Crippen molar-refractivity contribution in [3.63, 3.8) is 0 Å². The molecular formula is C23H24ClN3O3. The second-order valence-electron chi connectivity index (χ2n) is 7.79. The van der Waals surface area contributed by atoms with E-state index in [4.69, 9.17) is 21.3 Å². The summed E-state index contributed by atoms with van der Waals surface area (Å²) in [6, 6.07) is 8.95. The molecule has 6 nitrogen and oxygen atoms in total. The first-order chi connectivity index (χ1) is 14.4. The maximum absolute atomic E-state index is 13.4. The molecule has 0 aromatic heterocycles. The number of aliphatic imine (C=N–C) groups is 1. The van der Waals surface area contributed by atoms with Crippen molar-refractivity contribution in [2.24, 2.45) is 10.9 Å². The van der Waals surface area contributed by atoms with E-state index in [0.717, 1.165) is 41.8 Å². The number of ether oxygens (including phenoxy) is 1. The number of amides is 2. The van der Waals surface area contributed by atoms with Gasteiger partial charge >= 0.3 is 0 Å². The topological polar surface area (TPSA) is 71.0 Å². The third kappa shape index (κ3) is 3.79. The van der Waals surface area contributed by atoms with Gasteiger partial charge in [-0.1, -0.05) is 11.6 Å². The van der Waals surface area contributed by atoms with E-state index in [1.54, 1.807) is 23.1 Å². The summed E-state index contributed by atoms with van der Waals surface area (Å²) in [5, 5.41) is 3.31. The first-order valence-electron chi connectivity index (χ1n) is 10.0. The molecule has 0 radical (unpaired) electrons. The lowest BCUT2D eigenvalue weighted by atomic mass is 10.0. The number of rotatable bonds is 4. The summed E-state index contributed by atoms with van der Waals surface area (Å²) in [4.78, 5) is 32.7. The van der Waals surface area contributed by atoms with E-state index >= 15 is 0 Å². The molecule has 30 heavy (non-hydrogen) atoms. The summed E-state index contributed by atoms with van der Waals surface area (Å²) >= 11 is 6.07. The molecule has 1 atom stereocenters. The van der Waals surface area contributed by atoms with Gasteiger partial charge in [0.05, 0.1) is 30.1 Å². The van der Waals surface area contributed by atoms with Crippen molar-refractivity contribution >= 4 is 46.2 Å². The van der Waals surface area contributed by atoms with Gasteiger partial charge in [0.15, 0.2) is 0 Å². The fraction of sp³-hybridized carbons (Fsp3) is 0.348. The lowest BCUT2D eigenvalue weighted by Gasteiger charge is -2.25. The second-order valence-corrected chi connectivity index (χ2v) is 8.23. The first-order valence-corrected chi connectivity index (χ1v) is 10.4. The van der Waals surface area contributed by atoms with Crippen LogP contribution in [0.25, 0.3) is 0 Å². The summed E-state index contributed by atoms with van der Waals surface area (Å²) < 4.78 is 5.30. The van der Waals surface area contributed by atoms with Gasteiger partial charge in [-0.25, -0.2) is 0 Å². The number of nitrogens with one attached hydrogen (secondary N) is 1. The van der Waals surface area contributed by atoms with E-state index in [0.29, 0.717) is 22.1 Å². The Kier molecular flexibility index (Phi) is 5.52. The Hall–Kier alpha value is -2.86. The molecule has 1 aliphatic heterocycles. The Morgan fingerprint density at radius 2 is 2.03 bits per heavy atom. The van der Waals surface area contributed by atoms with E-state index in [-0.39, 0.29) is 24.3 Å². The molecule has 0 spiro atoms. The fourth-order valence-electron chi connectivity index (χ4n) is 4.06.